The molecule has 0 amide bonds. The molecule has 0 spiro atoms. The van der Waals surface area contributed by atoms with E-state index in [9.17, 15) is 0 Å². The predicted molar refractivity (Wildman–Crippen MR) is 104 cm³/mol. The third kappa shape index (κ3) is 4.83. The molecule has 4 fully saturated rings. The second-order valence-electron chi connectivity index (χ2n) is 7.65. The van der Waals surface area contributed by atoms with Crippen LogP contribution in [0.2, 0.25) is 0 Å². The van der Waals surface area contributed by atoms with Crippen LogP contribution in [-0.4, -0.2) is 0 Å². The first-order valence-electron chi connectivity index (χ1n) is 9.68. The predicted octanol–water partition coefficient (Wildman–Crippen LogP) is 7.07. The second-order valence-corrected chi connectivity index (χ2v) is 10.2. The van der Waals surface area contributed by atoms with Crippen molar-refractivity contribution in [1.82, 2.24) is 0 Å². The maximum atomic E-state index is 4.89. The van der Waals surface area contributed by atoms with Gasteiger partial charge in [0.2, 0.25) is 0 Å². The number of fused-ring (bicyclic) bond motifs is 2. The van der Waals surface area contributed by atoms with Crippen molar-refractivity contribution in [2.24, 2.45) is 11.8 Å². The van der Waals surface area contributed by atoms with Crippen LogP contribution in [0.5, 0.6) is 0 Å². The first-order valence-corrected chi connectivity index (χ1v) is 14.0. The van der Waals surface area contributed by atoms with Gasteiger partial charge in [-0.1, -0.05) is 39.5 Å². The Balaban J connectivity index is 0.000000569. The zero-order chi connectivity index (χ0) is 17.8. The fraction of sp³-hybridized carbons (Fsp3) is 0.545. The van der Waals surface area contributed by atoms with Gasteiger partial charge in [0, 0.05) is 0 Å². The molecule has 4 rings (SSSR count). The molecule has 134 valence electrons. The van der Waals surface area contributed by atoms with Crippen molar-refractivity contribution in [3.05, 3.63) is 61.2 Å². The van der Waals surface area contributed by atoms with Crippen molar-refractivity contribution >= 4 is 18.6 Å². The summed E-state index contributed by atoms with van der Waals surface area (Å²) in [5.74, 6) is 11.3. The van der Waals surface area contributed by atoms with Crippen molar-refractivity contribution in [3.63, 3.8) is 0 Å². The molecule has 0 aromatic carbocycles. The molecule has 0 aromatic heterocycles. The Morgan fingerprint density at radius 1 is 0.680 bits per heavy atom. The summed E-state index contributed by atoms with van der Waals surface area (Å²) in [6, 6.07) is 0. The minimum atomic E-state index is -0.556. The van der Waals surface area contributed by atoms with Crippen molar-refractivity contribution in [3.8, 4) is 0 Å². The number of halogens is 2. The van der Waals surface area contributed by atoms with E-state index in [4.69, 9.17) is 18.6 Å². The van der Waals surface area contributed by atoms with E-state index in [1.54, 1.807) is 35.5 Å². The fourth-order valence-corrected chi connectivity index (χ4v) is 4.86. The van der Waals surface area contributed by atoms with Crippen LogP contribution < -0.4 is 0 Å². The molecule has 4 aliphatic carbocycles. The molecule has 0 aromatic rings. The molecule has 2 atom stereocenters. The molecule has 25 heavy (non-hydrogen) atoms. The van der Waals surface area contributed by atoms with Crippen LogP contribution in [0.25, 0.3) is 0 Å². The molecule has 0 nitrogen and oxygen atoms in total. The molecule has 3 heteroatoms. The standard InChI is InChI=1S/C22H28.2ClH.Ti/c1-15(19-13-11-17-7-3-5-9-21(17)19)16(2)20-14-12-18-8-4-6-10-22(18)20;;;/h11-16H,3-10H2,1-2H3;2*1H;/q;;;+2/p-2/t15-,16-;;;/m0.../s1. The molecule has 0 unspecified atom stereocenters. The topological polar surface area (TPSA) is 0 Å². The van der Waals surface area contributed by atoms with E-state index in [0.29, 0.717) is 11.8 Å². The van der Waals surface area contributed by atoms with Crippen molar-refractivity contribution in [2.45, 2.75) is 65.2 Å². The van der Waals surface area contributed by atoms with Crippen LogP contribution in [0.15, 0.2) is 0 Å². The van der Waals surface area contributed by atoms with Gasteiger partial charge in [-0.25, -0.2) is 0 Å². The van der Waals surface area contributed by atoms with Gasteiger partial charge in [-0.2, -0.15) is 0 Å². The van der Waals surface area contributed by atoms with E-state index in [1.165, 1.54) is 51.4 Å². The molecule has 0 N–H and O–H groups in total. The van der Waals surface area contributed by atoms with E-state index < -0.39 is 17.0 Å². The zero-order valence-electron chi connectivity index (χ0n) is 15.4. The average Bonchev–Trinajstić information content (AvgIpc) is 3.25. The molecule has 4 saturated carbocycles. The Kier molecular flexibility index (Phi) is 8.56. The van der Waals surface area contributed by atoms with Crippen molar-refractivity contribution in [1.29, 1.82) is 0 Å². The van der Waals surface area contributed by atoms with Gasteiger partial charge in [0.25, 0.3) is 0 Å². The van der Waals surface area contributed by atoms with Gasteiger partial charge in [0.1, 0.15) is 0 Å². The summed E-state index contributed by atoms with van der Waals surface area (Å²) >= 11 is -0.556. The zero-order valence-corrected chi connectivity index (χ0v) is 18.5. The molecule has 10 radical (unpaired) electrons. The van der Waals surface area contributed by atoms with Crippen molar-refractivity contribution < 1.29 is 17.0 Å². The first kappa shape index (κ1) is 21.0. The molecule has 0 saturated heterocycles. The van der Waals surface area contributed by atoms with Gasteiger partial charge in [-0.15, -0.1) is 0 Å². The molecule has 0 heterocycles. The third-order valence-corrected chi connectivity index (χ3v) is 6.38. The number of rotatable bonds is 3. The number of hydrogen-bond acceptors (Lipinski definition) is 0. The van der Waals surface area contributed by atoms with Gasteiger partial charge >= 0.3 is 35.6 Å². The van der Waals surface area contributed by atoms with E-state index in [-0.39, 0.29) is 0 Å². The minimum absolute atomic E-state index is 0.556. The van der Waals surface area contributed by atoms with Crippen LogP contribution in [0.1, 0.15) is 65.2 Å². The van der Waals surface area contributed by atoms with E-state index in [0.717, 1.165) is 0 Å². The van der Waals surface area contributed by atoms with Crippen LogP contribution in [0, 0.1) is 73.0 Å². The summed E-state index contributed by atoms with van der Waals surface area (Å²) in [5, 5.41) is 0. The van der Waals surface area contributed by atoms with E-state index in [1.807, 2.05) is 0 Å². The Bertz CT molecular complexity index is 365. The van der Waals surface area contributed by atoms with Crippen LogP contribution in [0.3, 0.4) is 0 Å². The van der Waals surface area contributed by atoms with Gasteiger partial charge in [0.15, 0.2) is 0 Å². The van der Waals surface area contributed by atoms with Gasteiger partial charge < -0.3 is 0 Å². The van der Waals surface area contributed by atoms with E-state index >= 15 is 0 Å². The molecule has 4 aliphatic rings. The average molecular weight is 411 g/mol. The monoisotopic (exact) mass is 410 g/mol. The summed E-state index contributed by atoms with van der Waals surface area (Å²) in [7, 11) is 9.78. The van der Waals surface area contributed by atoms with Gasteiger partial charge in [0.05, 0.1) is 0 Å². The summed E-state index contributed by atoms with van der Waals surface area (Å²) in [4.78, 5) is 0. The number of hydrogen-bond donors (Lipinski definition) is 0. The van der Waals surface area contributed by atoms with Crippen molar-refractivity contribution in [2.75, 3.05) is 0 Å². The van der Waals surface area contributed by atoms with Crippen LogP contribution in [0.4, 0.5) is 0 Å². The van der Waals surface area contributed by atoms with E-state index in [2.05, 4.69) is 39.5 Å². The second kappa shape index (κ2) is 10.2. The SMILES string of the molecule is C[C@H]([C]1[CH][CH][C]2CCCC[C]21)[C@H](C)[C]1[CH][CH][C]2CCCC[C]21.[Cl][Ti][Cl]. The van der Waals surface area contributed by atoms with Crippen LogP contribution >= 0.6 is 18.6 Å². The third-order valence-electron chi connectivity index (χ3n) is 6.38. The summed E-state index contributed by atoms with van der Waals surface area (Å²) in [5.41, 5.74) is 0. The quantitative estimate of drug-likeness (QED) is 0.436. The normalized spacial score (nSPS) is 29.6. The Morgan fingerprint density at radius 3 is 1.44 bits per heavy atom. The summed E-state index contributed by atoms with van der Waals surface area (Å²) in [6.45, 7) is 4.91. The van der Waals surface area contributed by atoms with Crippen LogP contribution in [-0.2, 0) is 17.0 Å². The first-order chi connectivity index (χ1) is 12.2. The summed E-state index contributed by atoms with van der Waals surface area (Å²) < 4.78 is 0. The molecule has 0 bridgehead atoms. The van der Waals surface area contributed by atoms with Gasteiger partial charge in [-0.05, 0) is 98.7 Å². The fourth-order valence-electron chi connectivity index (χ4n) is 4.86. The van der Waals surface area contributed by atoms with Gasteiger partial charge in [-0.3, -0.25) is 0 Å². The Hall–Kier alpha value is 1.29. The Morgan fingerprint density at radius 2 is 1.04 bits per heavy atom. The summed E-state index contributed by atoms with van der Waals surface area (Å²) in [6.07, 6.45) is 20.5. The Labute approximate surface area is 173 Å². The molecular formula is C22H28Cl2Ti. The maximum absolute atomic E-state index is 4.89. The molecular weight excluding hydrogens is 383 g/mol. The molecule has 0 aliphatic heterocycles.